The fraction of sp³-hybridized carbons (Fsp3) is 0.750. The molecule has 0 heterocycles. The van der Waals surface area contributed by atoms with Crippen molar-refractivity contribution >= 4 is 34.6 Å². The predicted molar refractivity (Wildman–Crippen MR) is 58.3 cm³/mol. The van der Waals surface area contributed by atoms with Gasteiger partial charge in [-0.2, -0.15) is 0 Å². The number of halogens is 2. The van der Waals surface area contributed by atoms with E-state index >= 15 is 0 Å². The van der Waals surface area contributed by atoms with Crippen LogP contribution in [0, 0.1) is 0 Å². The van der Waals surface area contributed by atoms with Crippen LogP contribution in [0.4, 0.5) is 0 Å². The molecule has 0 rings (SSSR count). The van der Waals surface area contributed by atoms with Gasteiger partial charge in [-0.05, 0) is 12.8 Å². The van der Waals surface area contributed by atoms with E-state index in [9.17, 15) is 0 Å². The molecule has 0 aromatic carbocycles. The smallest absolute Gasteiger partial charge is 0.110 e. The Balaban J connectivity index is 3.58. The summed E-state index contributed by atoms with van der Waals surface area (Å²) < 4.78 is 5.21. The molecule has 0 bridgehead atoms. The van der Waals surface area contributed by atoms with Gasteiger partial charge in [-0.3, -0.25) is 0 Å². The van der Waals surface area contributed by atoms with Crippen LogP contribution < -0.4 is 0 Å². The lowest BCUT2D eigenvalue weighted by Gasteiger charge is -2.12. The van der Waals surface area contributed by atoms with Crippen LogP contribution in [0.2, 0.25) is 0 Å². The molecule has 0 saturated carbocycles. The number of hydrogen-bond acceptors (Lipinski definition) is 1. The molecule has 0 aromatic heterocycles. The maximum absolute atomic E-state index is 5.60. The summed E-state index contributed by atoms with van der Waals surface area (Å²) in [5.41, 5.74) is 1.06. The van der Waals surface area contributed by atoms with Crippen LogP contribution in [0.5, 0.6) is 0 Å². The van der Waals surface area contributed by atoms with E-state index in [4.69, 9.17) is 14.7 Å². The fourth-order valence-electron chi connectivity index (χ4n) is 0.877. The van der Waals surface area contributed by atoms with Gasteiger partial charge in [0.05, 0.1) is 6.10 Å². The summed E-state index contributed by atoms with van der Waals surface area (Å²) in [4.78, 5) is 0. The first kappa shape index (κ1) is 11.7. The fourth-order valence-corrected chi connectivity index (χ4v) is 1.42. The number of rotatable bonds is 6. The highest BCUT2D eigenvalue weighted by molar-refractivity contribution is 14.1. The molecule has 3 heteroatoms. The summed E-state index contributed by atoms with van der Waals surface area (Å²) in [7, 11) is 0. The van der Waals surface area contributed by atoms with Gasteiger partial charge in [0.25, 0.3) is 0 Å². The van der Waals surface area contributed by atoms with E-state index in [0.29, 0.717) is 12.0 Å². The van der Waals surface area contributed by atoms with Crippen molar-refractivity contribution < 1.29 is 3.07 Å². The average molecular weight is 289 g/mol. The van der Waals surface area contributed by atoms with E-state index in [2.05, 4.69) is 13.5 Å². The maximum atomic E-state index is 5.60. The van der Waals surface area contributed by atoms with Crippen LogP contribution in [-0.4, -0.2) is 12.0 Å². The summed E-state index contributed by atoms with van der Waals surface area (Å²) in [5, 5.41) is 0. The molecule has 0 aliphatic carbocycles. The second kappa shape index (κ2) is 7.37. The van der Waals surface area contributed by atoms with Gasteiger partial charge >= 0.3 is 0 Å². The normalized spacial score (nSPS) is 13.0. The molecular weight excluding hydrogens is 274 g/mol. The van der Waals surface area contributed by atoms with E-state index < -0.39 is 0 Å². The van der Waals surface area contributed by atoms with E-state index in [0.717, 1.165) is 24.8 Å². The quantitative estimate of drug-likeness (QED) is 0.411. The van der Waals surface area contributed by atoms with Gasteiger partial charge in [0, 0.05) is 5.88 Å². The van der Waals surface area contributed by atoms with Gasteiger partial charge < -0.3 is 3.07 Å². The van der Waals surface area contributed by atoms with Crippen LogP contribution in [-0.2, 0) is 3.07 Å². The highest BCUT2D eigenvalue weighted by Gasteiger charge is 2.07. The van der Waals surface area contributed by atoms with E-state index in [1.54, 1.807) is 0 Å². The molecule has 0 aliphatic rings. The molecule has 0 amide bonds. The molecule has 0 radical (unpaired) electrons. The molecule has 1 nitrogen and oxygen atoms in total. The van der Waals surface area contributed by atoms with Crippen LogP contribution in [0.3, 0.4) is 0 Å². The van der Waals surface area contributed by atoms with Crippen LogP contribution >= 0.6 is 34.6 Å². The monoisotopic (exact) mass is 288 g/mol. The lowest BCUT2D eigenvalue weighted by molar-refractivity contribution is 0.265. The van der Waals surface area contributed by atoms with Crippen molar-refractivity contribution in [2.45, 2.75) is 32.3 Å². The van der Waals surface area contributed by atoms with Crippen molar-refractivity contribution in [2.75, 3.05) is 5.88 Å². The highest BCUT2D eigenvalue weighted by atomic mass is 127. The minimum absolute atomic E-state index is 0.298. The van der Waals surface area contributed by atoms with Crippen molar-refractivity contribution in [3.05, 3.63) is 12.2 Å². The van der Waals surface area contributed by atoms with Crippen molar-refractivity contribution in [2.24, 2.45) is 0 Å². The third-order valence-electron chi connectivity index (χ3n) is 1.44. The molecule has 1 atom stereocenters. The summed E-state index contributed by atoms with van der Waals surface area (Å²) in [6, 6.07) is 0. The zero-order valence-corrected chi connectivity index (χ0v) is 9.69. The summed E-state index contributed by atoms with van der Waals surface area (Å²) in [6.45, 7) is 5.97. The van der Waals surface area contributed by atoms with E-state index in [1.165, 1.54) is 0 Å². The van der Waals surface area contributed by atoms with Crippen molar-refractivity contribution in [3.63, 3.8) is 0 Å². The van der Waals surface area contributed by atoms with Crippen molar-refractivity contribution in [3.8, 4) is 0 Å². The van der Waals surface area contributed by atoms with Crippen molar-refractivity contribution in [1.82, 2.24) is 0 Å². The standard InChI is InChI=1S/C8H14ClIO/c1-3-4-8(11-10)5-7(2)6-9/h8H,2-6H2,1H3. The Bertz CT molecular complexity index is 117. The van der Waals surface area contributed by atoms with Gasteiger partial charge in [-0.25, -0.2) is 0 Å². The first-order valence-corrected chi connectivity index (χ1v) is 5.16. The Morgan fingerprint density at radius 2 is 2.36 bits per heavy atom. The molecule has 0 saturated heterocycles. The largest absolute Gasteiger partial charge is 0.312 e. The summed E-state index contributed by atoms with van der Waals surface area (Å²) in [5.74, 6) is 0.542. The lowest BCUT2D eigenvalue weighted by atomic mass is 10.1. The highest BCUT2D eigenvalue weighted by Crippen LogP contribution is 2.15. The third kappa shape index (κ3) is 5.93. The topological polar surface area (TPSA) is 9.23 Å². The molecule has 11 heavy (non-hydrogen) atoms. The first-order valence-electron chi connectivity index (χ1n) is 3.74. The third-order valence-corrected chi connectivity index (χ3v) is 2.54. The lowest BCUT2D eigenvalue weighted by Crippen LogP contribution is -2.08. The summed E-state index contributed by atoms with van der Waals surface area (Å²) >= 11 is 7.53. The molecule has 1 unspecified atom stereocenters. The SMILES string of the molecule is C=C(CCl)CC(CCC)OI. The molecule has 0 fully saturated rings. The van der Waals surface area contributed by atoms with E-state index in [1.807, 2.05) is 23.0 Å². The zero-order chi connectivity index (χ0) is 8.69. The first-order chi connectivity index (χ1) is 5.24. The zero-order valence-electron chi connectivity index (χ0n) is 6.78. The second-order valence-corrected chi connectivity index (χ2v) is 3.36. The van der Waals surface area contributed by atoms with Crippen LogP contribution in [0.25, 0.3) is 0 Å². The van der Waals surface area contributed by atoms with Crippen molar-refractivity contribution in [1.29, 1.82) is 0 Å². The Morgan fingerprint density at radius 1 is 1.73 bits per heavy atom. The summed E-state index contributed by atoms with van der Waals surface area (Å²) in [6.07, 6.45) is 3.41. The van der Waals surface area contributed by atoms with Gasteiger partial charge in [0.1, 0.15) is 23.0 Å². The van der Waals surface area contributed by atoms with Crippen LogP contribution in [0.1, 0.15) is 26.2 Å². The van der Waals surface area contributed by atoms with Gasteiger partial charge in [-0.15, -0.1) is 11.6 Å². The van der Waals surface area contributed by atoms with Gasteiger partial charge in [0.15, 0.2) is 0 Å². The second-order valence-electron chi connectivity index (χ2n) is 2.59. The minimum Gasteiger partial charge on any atom is -0.312 e. The number of alkyl halides is 1. The number of hydrogen-bond donors (Lipinski definition) is 0. The molecular formula is C8H14ClIO. The Labute approximate surface area is 87.8 Å². The molecule has 0 aliphatic heterocycles. The van der Waals surface area contributed by atoms with Crippen LogP contribution in [0.15, 0.2) is 12.2 Å². The predicted octanol–water partition coefficient (Wildman–Crippen LogP) is 3.71. The molecule has 0 aromatic rings. The molecule has 0 spiro atoms. The van der Waals surface area contributed by atoms with Gasteiger partial charge in [0.2, 0.25) is 0 Å². The minimum atomic E-state index is 0.298. The average Bonchev–Trinajstić information content (AvgIpc) is 2.03. The Kier molecular flexibility index (Phi) is 7.86. The van der Waals surface area contributed by atoms with E-state index in [-0.39, 0.29) is 0 Å². The Hall–Kier alpha value is 0.720. The molecule has 0 N–H and O–H groups in total. The van der Waals surface area contributed by atoms with Gasteiger partial charge in [-0.1, -0.05) is 25.5 Å². The maximum Gasteiger partial charge on any atom is 0.110 e. The molecule has 66 valence electrons. The Morgan fingerprint density at radius 3 is 2.73 bits per heavy atom.